The topological polar surface area (TPSA) is 40.5 Å². The Morgan fingerprint density at radius 1 is 1.00 bits per heavy atom. The highest BCUT2D eigenvalue weighted by atomic mass is 16.3. The fourth-order valence-corrected chi connectivity index (χ4v) is 1.24. The van der Waals surface area contributed by atoms with E-state index in [1.807, 2.05) is 12.2 Å². The van der Waals surface area contributed by atoms with Crippen LogP contribution in [0.15, 0.2) is 12.2 Å². The standard InChI is InChI=1S/C8H14O2/c9-5-7-1-2-8(6-10)4-3-7/h1-2,7-10H,3-6H2. The highest BCUT2D eigenvalue weighted by Gasteiger charge is 2.13. The van der Waals surface area contributed by atoms with Crippen LogP contribution in [0.3, 0.4) is 0 Å². The first-order chi connectivity index (χ1) is 4.86. The van der Waals surface area contributed by atoms with Crippen molar-refractivity contribution in [1.29, 1.82) is 0 Å². The van der Waals surface area contributed by atoms with Crippen LogP contribution < -0.4 is 0 Å². The molecule has 2 nitrogen and oxygen atoms in total. The molecule has 2 N–H and O–H groups in total. The van der Waals surface area contributed by atoms with Crippen LogP contribution >= 0.6 is 0 Å². The van der Waals surface area contributed by atoms with Crippen LogP contribution in [0.1, 0.15) is 12.8 Å². The average Bonchev–Trinajstić information content (AvgIpc) is 2.05. The first-order valence-corrected chi connectivity index (χ1v) is 3.77. The Morgan fingerprint density at radius 2 is 1.40 bits per heavy atom. The van der Waals surface area contributed by atoms with Gasteiger partial charge < -0.3 is 10.2 Å². The number of aliphatic hydroxyl groups is 2. The molecule has 2 atom stereocenters. The second-order valence-electron chi connectivity index (χ2n) is 2.85. The van der Waals surface area contributed by atoms with E-state index in [-0.39, 0.29) is 13.2 Å². The van der Waals surface area contributed by atoms with Gasteiger partial charge in [0.15, 0.2) is 0 Å². The van der Waals surface area contributed by atoms with E-state index < -0.39 is 0 Å². The molecular weight excluding hydrogens is 128 g/mol. The Balaban J connectivity index is 2.36. The smallest absolute Gasteiger partial charge is 0.0493 e. The van der Waals surface area contributed by atoms with Crippen LogP contribution in [-0.4, -0.2) is 23.4 Å². The molecule has 0 aliphatic heterocycles. The molecule has 0 fully saturated rings. The van der Waals surface area contributed by atoms with Gasteiger partial charge in [-0.2, -0.15) is 0 Å². The molecule has 0 radical (unpaired) electrons. The minimum absolute atomic E-state index is 0.245. The van der Waals surface area contributed by atoms with Crippen molar-refractivity contribution in [2.75, 3.05) is 13.2 Å². The van der Waals surface area contributed by atoms with Crippen LogP contribution in [-0.2, 0) is 0 Å². The first kappa shape index (κ1) is 7.76. The van der Waals surface area contributed by atoms with Crippen molar-refractivity contribution in [1.82, 2.24) is 0 Å². The number of aliphatic hydroxyl groups excluding tert-OH is 2. The molecule has 10 heavy (non-hydrogen) atoms. The van der Waals surface area contributed by atoms with Gasteiger partial charge >= 0.3 is 0 Å². The molecule has 0 aromatic carbocycles. The molecule has 1 rings (SSSR count). The van der Waals surface area contributed by atoms with Gasteiger partial charge in [-0.1, -0.05) is 12.2 Å². The van der Waals surface area contributed by atoms with Crippen LogP contribution in [0, 0.1) is 11.8 Å². The van der Waals surface area contributed by atoms with Crippen molar-refractivity contribution in [2.24, 2.45) is 11.8 Å². The molecule has 2 unspecified atom stereocenters. The molecule has 0 spiro atoms. The summed E-state index contributed by atoms with van der Waals surface area (Å²) in [7, 11) is 0. The largest absolute Gasteiger partial charge is 0.396 e. The predicted octanol–water partition coefficient (Wildman–Crippen LogP) is 0.553. The maximum Gasteiger partial charge on any atom is 0.0493 e. The Hall–Kier alpha value is -0.340. The fourth-order valence-electron chi connectivity index (χ4n) is 1.24. The lowest BCUT2D eigenvalue weighted by molar-refractivity contribution is 0.206. The van der Waals surface area contributed by atoms with Gasteiger partial charge in [0.25, 0.3) is 0 Å². The van der Waals surface area contributed by atoms with Gasteiger partial charge in [-0.3, -0.25) is 0 Å². The van der Waals surface area contributed by atoms with Crippen LogP contribution in [0.5, 0.6) is 0 Å². The number of hydrogen-bond acceptors (Lipinski definition) is 2. The zero-order chi connectivity index (χ0) is 7.40. The summed E-state index contributed by atoms with van der Waals surface area (Å²) in [5.41, 5.74) is 0. The highest BCUT2D eigenvalue weighted by Crippen LogP contribution is 2.20. The molecule has 0 saturated heterocycles. The van der Waals surface area contributed by atoms with E-state index in [0.29, 0.717) is 11.8 Å². The molecule has 0 aromatic rings. The molecular formula is C8H14O2. The second-order valence-corrected chi connectivity index (χ2v) is 2.85. The van der Waals surface area contributed by atoms with Crippen molar-refractivity contribution in [2.45, 2.75) is 12.8 Å². The monoisotopic (exact) mass is 142 g/mol. The van der Waals surface area contributed by atoms with Crippen molar-refractivity contribution >= 4 is 0 Å². The third-order valence-corrected chi connectivity index (χ3v) is 2.03. The van der Waals surface area contributed by atoms with Crippen molar-refractivity contribution in [3.05, 3.63) is 12.2 Å². The van der Waals surface area contributed by atoms with Crippen molar-refractivity contribution < 1.29 is 10.2 Å². The SMILES string of the molecule is OCC1C=CC(CO)CC1. The summed E-state index contributed by atoms with van der Waals surface area (Å²) in [6, 6.07) is 0. The highest BCUT2D eigenvalue weighted by molar-refractivity contribution is 4.97. The van der Waals surface area contributed by atoms with E-state index in [9.17, 15) is 0 Å². The minimum Gasteiger partial charge on any atom is -0.396 e. The molecule has 0 amide bonds. The van der Waals surface area contributed by atoms with Gasteiger partial charge in [-0.15, -0.1) is 0 Å². The zero-order valence-electron chi connectivity index (χ0n) is 6.03. The average molecular weight is 142 g/mol. The summed E-state index contributed by atoms with van der Waals surface area (Å²) in [6.07, 6.45) is 6.03. The lowest BCUT2D eigenvalue weighted by Crippen LogP contribution is -2.13. The van der Waals surface area contributed by atoms with Crippen molar-refractivity contribution in [3.8, 4) is 0 Å². The molecule has 0 saturated carbocycles. The molecule has 0 heterocycles. The molecule has 0 aromatic heterocycles. The van der Waals surface area contributed by atoms with E-state index in [2.05, 4.69) is 0 Å². The quantitative estimate of drug-likeness (QED) is 0.553. The molecule has 1 aliphatic carbocycles. The molecule has 2 heteroatoms. The normalized spacial score (nSPS) is 32.6. The summed E-state index contributed by atoms with van der Waals surface area (Å²) in [5, 5.41) is 17.5. The lowest BCUT2D eigenvalue weighted by atomic mass is 9.90. The Bertz CT molecular complexity index is 106. The second kappa shape index (κ2) is 3.74. The summed E-state index contributed by atoms with van der Waals surface area (Å²) in [6.45, 7) is 0.489. The van der Waals surface area contributed by atoms with Gasteiger partial charge in [-0.05, 0) is 24.7 Å². The van der Waals surface area contributed by atoms with E-state index in [4.69, 9.17) is 10.2 Å². The van der Waals surface area contributed by atoms with Crippen LogP contribution in [0.25, 0.3) is 0 Å². The number of hydrogen-bond donors (Lipinski definition) is 2. The minimum atomic E-state index is 0.245. The third kappa shape index (κ3) is 1.82. The zero-order valence-corrected chi connectivity index (χ0v) is 6.03. The Morgan fingerprint density at radius 3 is 1.60 bits per heavy atom. The van der Waals surface area contributed by atoms with Gasteiger partial charge in [0, 0.05) is 13.2 Å². The number of rotatable bonds is 2. The lowest BCUT2D eigenvalue weighted by Gasteiger charge is -2.19. The van der Waals surface area contributed by atoms with E-state index in [1.54, 1.807) is 0 Å². The van der Waals surface area contributed by atoms with Gasteiger partial charge in [0.1, 0.15) is 0 Å². The fraction of sp³-hybridized carbons (Fsp3) is 0.750. The predicted molar refractivity (Wildman–Crippen MR) is 39.5 cm³/mol. The van der Waals surface area contributed by atoms with Gasteiger partial charge in [0.2, 0.25) is 0 Å². The van der Waals surface area contributed by atoms with E-state index >= 15 is 0 Å². The molecule has 58 valence electrons. The maximum absolute atomic E-state index is 8.74. The Kier molecular flexibility index (Phi) is 2.90. The summed E-state index contributed by atoms with van der Waals surface area (Å²) in [5.74, 6) is 0.672. The summed E-state index contributed by atoms with van der Waals surface area (Å²) >= 11 is 0. The van der Waals surface area contributed by atoms with Gasteiger partial charge in [0.05, 0.1) is 0 Å². The van der Waals surface area contributed by atoms with Crippen LogP contribution in [0.4, 0.5) is 0 Å². The Labute approximate surface area is 61.2 Å². The molecule has 0 bridgehead atoms. The summed E-state index contributed by atoms with van der Waals surface area (Å²) < 4.78 is 0. The first-order valence-electron chi connectivity index (χ1n) is 3.77. The summed E-state index contributed by atoms with van der Waals surface area (Å²) in [4.78, 5) is 0. The maximum atomic E-state index is 8.74. The molecule has 1 aliphatic rings. The van der Waals surface area contributed by atoms with E-state index in [0.717, 1.165) is 12.8 Å². The van der Waals surface area contributed by atoms with Crippen LogP contribution in [0.2, 0.25) is 0 Å². The van der Waals surface area contributed by atoms with Gasteiger partial charge in [-0.25, -0.2) is 0 Å². The third-order valence-electron chi connectivity index (χ3n) is 2.03. The van der Waals surface area contributed by atoms with E-state index in [1.165, 1.54) is 0 Å². The van der Waals surface area contributed by atoms with Crippen molar-refractivity contribution in [3.63, 3.8) is 0 Å².